The SMILES string of the molecule is CCOC(=O)CCCCCSc1nnnn1CCN. The van der Waals surface area contributed by atoms with Crippen molar-refractivity contribution in [2.45, 2.75) is 44.3 Å². The minimum atomic E-state index is -0.109. The summed E-state index contributed by atoms with van der Waals surface area (Å²) in [7, 11) is 0. The molecule has 0 atom stereocenters. The Balaban J connectivity index is 2.07. The first-order chi connectivity index (χ1) is 9.27. The average molecular weight is 287 g/mol. The van der Waals surface area contributed by atoms with Crippen molar-refractivity contribution in [2.75, 3.05) is 18.9 Å². The highest BCUT2D eigenvalue weighted by Crippen LogP contribution is 2.16. The summed E-state index contributed by atoms with van der Waals surface area (Å²) in [6.45, 7) is 3.44. The summed E-state index contributed by atoms with van der Waals surface area (Å²) in [5.74, 6) is 0.829. The second-order valence-corrected chi connectivity index (χ2v) is 5.00. The topological polar surface area (TPSA) is 95.9 Å². The molecule has 19 heavy (non-hydrogen) atoms. The van der Waals surface area contributed by atoms with Crippen LogP contribution in [0.25, 0.3) is 0 Å². The van der Waals surface area contributed by atoms with Gasteiger partial charge >= 0.3 is 5.97 Å². The molecule has 0 aliphatic rings. The predicted molar refractivity (Wildman–Crippen MR) is 72.7 cm³/mol. The van der Waals surface area contributed by atoms with Crippen molar-refractivity contribution < 1.29 is 9.53 Å². The van der Waals surface area contributed by atoms with Crippen molar-refractivity contribution in [3.63, 3.8) is 0 Å². The van der Waals surface area contributed by atoms with Crippen LogP contribution in [0, 0.1) is 0 Å². The van der Waals surface area contributed by atoms with Gasteiger partial charge in [0.2, 0.25) is 5.16 Å². The maximum absolute atomic E-state index is 11.1. The van der Waals surface area contributed by atoms with Gasteiger partial charge in [0.1, 0.15) is 0 Å². The molecule has 1 heterocycles. The number of nitrogens with two attached hydrogens (primary N) is 1. The monoisotopic (exact) mass is 287 g/mol. The van der Waals surface area contributed by atoms with E-state index >= 15 is 0 Å². The molecule has 0 aromatic carbocycles. The molecule has 0 radical (unpaired) electrons. The van der Waals surface area contributed by atoms with E-state index in [1.165, 1.54) is 0 Å². The first-order valence-electron chi connectivity index (χ1n) is 6.52. The lowest BCUT2D eigenvalue weighted by molar-refractivity contribution is -0.143. The van der Waals surface area contributed by atoms with Crippen LogP contribution in [0.5, 0.6) is 0 Å². The fraction of sp³-hybridized carbons (Fsp3) is 0.818. The van der Waals surface area contributed by atoms with Crippen LogP contribution in [0.1, 0.15) is 32.6 Å². The molecule has 1 rings (SSSR count). The Hall–Kier alpha value is -1.15. The number of carbonyl (C=O) groups excluding carboxylic acids is 1. The van der Waals surface area contributed by atoms with Gasteiger partial charge in [0.15, 0.2) is 0 Å². The molecule has 7 nitrogen and oxygen atoms in total. The van der Waals surface area contributed by atoms with Gasteiger partial charge in [-0.05, 0) is 30.2 Å². The van der Waals surface area contributed by atoms with E-state index in [1.54, 1.807) is 16.4 Å². The zero-order valence-corrected chi connectivity index (χ0v) is 12.1. The van der Waals surface area contributed by atoms with Gasteiger partial charge in [-0.2, -0.15) is 0 Å². The number of ether oxygens (including phenoxy) is 1. The third-order valence-electron chi connectivity index (χ3n) is 2.40. The molecule has 1 aromatic heterocycles. The molecule has 0 aliphatic carbocycles. The van der Waals surface area contributed by atoms with Gasteiger partial charge in [-0.25, -0.2) is 4.68 Å². The Kier molecular flexibility index (Phi) is 8.15. The second-order valence-electron chi connectivity index (χ2n) is 3.94. The molecule has 0 aliphatic heterocycles. The first kappa shape index (κ1) is 15.9. The number of aromatic nitrogens is 4. The maximum Gasteiger partial charge on any atom is 0.305 e. The molecule has 0 saturated heterocycles. The van der Waals surface area contributed by atoms with Gasteiger partial charge in [0, 0.05) is 18.7 Å². The number of hydrogen-bond acceptors (Lipinski definition) is 7. The minimum absolute atomic E-state index is 0.109. The summed E-state index contributed by atoms with van der Waals surface area (Å²) in [5.41, 5.74) is 5.47. The van der Waals surface area contributed by atoms with Crippen LogP contribution in [0.2, 0.25) is 0 Å². The van der Waals surface area contributed by atoms with E-state index in [4.69, 9.17) is 10.5 Å². The Bertz CT molecular complexity index is 372. The number of nitrogens with zero attached hydrogens (tertiary/aromatic N) is 4. The number of carbonyl (C=O) groups is 1. The summed E-state index contributed by atoms with van der Waals surface area (Å²) in [5, 5.41) is 12.2. The van der Waals surface area contributed by atoms with E-state index in [9.17, 15) is 4.79 Å². The van der Waals surface area contributed by atoms with Crippen molar-refractivity contribution in [2.24, 2.45) is 5.73 Å². The van der Waals surface area contributed by atoms with E-state index in [0.29, 0.717) is 26.1 Å². The average Bonchev–Trinajstić information content (AvgIpc) is 2.82. The van der Waals surface area contributed by atoms with E-state index in [0.717, 1.165) is 30.2 Å². The molecule has 108 valence electrons. The van der Waals surface area contributed by atoms with Crippen molar-refractivity contribution in [3.05, 3.63) is 0 Å². The smallest absolute Gasteiger partial charge is 0.305 e. The quantitative estimate of drug-likeness (QED) is 0.387. The normalized spacial score (nSPS) is 10.6. The molecule has 0 amide bonds. The molecule has 0 spiro atoms. The number of hydrogen-bond donors (Lipinski definition) is 1. The Labute approximate surface area is 117 Å². The van der Waals surface area contributed by atoms with E-state index in [2.05, 4.69) is 15.5 Å². The molecule has 0 unspecified atom stereocenters. The molecule has 8 heteroatoms. The van der Waals surface area contributed by atoms with Crippen LogP contribution in [0.4, 0.5) is 0 Å². The molecular weight excluding hydrogens is 266 g/mol. The molecular formula is C11H21N5O2S. The van der Waals surface area contributed by atoms with Crippen LogP contribution in [-0.4, -0.2) is 45.1 Å². The second kappa shape index (κ2) is 9.74. The molecule has 0 fully saturated rings. The lowest BCUT2D eigenvalue weighted by Gasteiger charge is -2.03. The number of thioether (sulfide) groups is 1. The fourth-order valence-electron chi connectivity index (χ4n) is 1.51. The first-order valence-corrected chi connectivity index (χ1v) is 7.51. The standard InChI is InChI=1S/C11H21N5O2S/c1-2-18-10(17)6-4-3-5-9-19-11-13-14-15-16(11)8-7-12/h2-9,12H2,1H3. The lowest BCUT2D eigenvalue weighted by Crippen LogP contribution is -2.12. The number of esters is 1. The van der Waals surface area contributed by atoms with E-state index < -0.39 is 0 Å². The molecule has 1 aromatic rings. The van der Waals surface area contributed by atoms with Crippen molar-refractivity contribution in [1.29, 1.82) is 0 Å². The fourth-order valence-corrected chi connectivity index (χ4v) is 2.41. The summed E-state index contributed by atoms with van der Waals surface area (Å²) in [6.07, 6.45) is 3.40. The summed E-state index contributed by atoms with van der Waals surface area (Å²) < 4.78 is 6.58. The molecule has 0 saturated carbocycles. The van der Waals surface area contributed by atoms with Gasteiger partial charge in [-0.1, -0.05) is 18.2 Å². The largest absolute Gasteiger partial charge is 0.466 e. The van der Waals surface area contributed by atoms with Crippen LogP contribution < -0.4 is 5.73 Å². The highest BCUT2D eigenvalue weighted by molar-refractivity contribution is 7.99. The van der Waals surface area contributed by atoms with Gasteiger partial charge in [-0.15, -0.1) is 5.10 Å². The number of tetrazole rings is 1. The summed E-state index contributed by atoms with van der Waals surface area (Å²) in [4.78, 5) is 11.1. The van der Waals surface area contributed by atoms with Crippen LogP contribution >= 0.6 is 11.8 Å². The van der Waals surface area contributed by atoms with E-state index in [-0.39, 0.29) is 5.97 Å². The maximum atomic E-state index is 11.1. The van der Waals surface area contributed by atoms with Gasteiger partial charge in [0.05, 0.1) is 13.2 Å². The van der Waals surface area contributed by atoms with Gasteiger partial charge in [0.25, 0.3) is 0 Å². The molecule has 0 bridgehead atoms. The highest BCUT2D eigenvalue weighted by atomic mass is 32.2. The van der Waals surface area contributed by atoms with Crippen molar-refractivity contribution in [3.8, 4) is 0 Å². The number of unbranched alkanes of at least 4 members (excludes halogenated alkanes) is 2. The highest BCUT2D eigenvalue weighted by Gasteiger charge is 2.05. The third kappa shape index (κ3) is 6.53. The zero-order chi connectivity index (χ0) is 13.9. The molecule has 2 N–H and O–H groups in total. The van der Waals surface area contributed by atoms with Crippen LogP contribution in [0.3, 0.4) is 0 Å². The summed E-state index contributed by atoms with van der Waals surface area (Å²) in [6, 6.07) is 0. The summed E-state index contributed by atoms with van der Waals surface area (Å²) >= 11 is 1.62. The van der Waals surface area contributed by atoms with Crippen molar-refractivity contribution >= 4 is 17.7 Å². The predicted octanol–water partition coefficient (Wildman–Crippen LogP) is 0.847. The van der Waals surface area contributed by atoms with Crippen molar-refractivity contribution in [1.82, 2.24) is 20.2 Å². The Morgan fingerprint density at radius 2 is 2.26 bits per heavy atom. The third-order valence-corrected chi connectivity index (χ3v) is 3.45. The van der Waals surface area contributed by atoms with Gasteiger partial charge < -0.3 is 10.5 Å². The zero-order valence-electron chi connectivity index (χ0n) is 11.2. The van der Waals surface area contributed by atoms with Crippen LogP contribution in [-0.2, 0) is 16.1 Å². The lowest BCUT2D eigenvalue weighted by atomic mass is 10.2. The van der Waals surface area contributed by atoms with Crippen LogP contribution in [0.15, 0.2) is 5.16 Å². The number of rotatable bonds is 10. The minimum Gasteiger partial charge on any atom is -0.466 e. The Morgan fingerprint density at radius 1 is 1.42 bits per heavy atom. The Morgan fingerprint density at radius 3 is 3.00 bits per heavy atom. The van der Waals surface area contributed by atoms with Gasteiger partial charge in [-0.3, -0.25) is 4.79 Å². The van der Waals surface area contributed by atoms with E-state index in [1.807, 2.05) is 6.92 Å².